The van der Waals surface area contributed by atoms with E-state index in [0.29, 0.717) is 6.54 Å². The molecule has 0 saturated heterocycles. The fraction of sp³-hybridized carbons (Fsp3) is 0.167. The highest BCUT2D eigenvalue weighted by molar-refractivity contribution is 7.77. The molecule has 0 spiro atoms. The Labute approximate surface area is 116 Å². The summed E-state index contributed by atoms with van der Waals surface area (Å²) in [4.78, 5) is 12.4. The summed E-state index contributed by atoms with van der Waals surface area (Å²) in [7, 11) is 1.29. The number of carbonyl (C=O) groups excluding carboxylic acids is 1. The molecule has 1 aromatic rings. The number of nitrogens with one attached hydrogen (secondary N) is 1. The van der Waals surface area contributed by atoms with Crippen molar-refractivity contribution in [1.82, 2.24) is 4.31 Å². The molecule has 0 aliphatic rings. The Morgan fingerprint density at radius 1 is 1.72 bits per heavy atom. The largest absolute Gasteiger partial charge is 0.464 e. The first-order chi connectivity index (χ1) is 8.60. The summed E-state index contributed by atoms with van der Waals surface area (Å²) >= 11 is 5.60. The van der Waals surface area contributed by atoms with E-state index in [2.05, 4.69) is 24.1 Å². The molecule has 0 radical (unpaired) electrons. The molecule has 6 heteroatoms. The van der Waals surface area contributed by atoms with Gasteiger partial charge in [-0.1, -0.05) is 25.0 Å². The second-order valence-electron chi connectivity index (χ2n) is 3.28. The summed E-state index contributed by atoms with van der Waals surface area (Å²) in [6.45, 7) is 3.95. The van der Waals surface area contributed by atoms with Gasteiger partial charge in [0.25, 0.3) is 0 Å². The van der Waals surface area contributed by atoms with Gasteiger partial charge in [0.15, 0.2) is 0 Å². The third-order valence-electron chi connectivity index (χ3n) is 2.04. The predicted molar refractivity (Wildman–Crippen MR) is 77.1 cm³/mol. The van der Waals surface area contributed by atoms with Crippen molar-refractivity contribution in [3.05, 3.63) is 46.8 Å². The lowest BCUT2D eigenvalue weighted by Gasteiger charge is -2.17. The number of allylic oxidation sites excluding steroid dienone is 1. The van der Waals surface area contributed by atoms with Gasteiger partial charge in [-0.05, 0) is 17.5 Å². The zero-order valence-corrected chi connectivity index (χ0v) is 11.6. The molecule has 0 bridgehead atoms. The maximum Gasteiger partial charge on any atom is 0.355 e. The van der Waals surface area contributed by atoms with Crippen LogP contribution in [0, 0.1) is 5.41 Å². The maximum atomic E-state index is 11.6. The zero-order chi connectivity index (χ0) is 13.5. The number of hydrogen-bond acceptors (Lipinski definition) is 6. The third kappa shape index (κ3) is 3.75. The van der Waals surface area contributed by atoms with E-state index < -0.39 is 5.97 Å². The Kier molecular flexibility index (Phi) is 5.67. The van der Waals surface area contributed by atoms with E-state index in [4.69, 9.17) is 5.41 Å². The van der Waals surface area contributed by atoms with Crippen molar-refractivity contribution in [3.63, 3.8) is 0 Å². The first kappa shape index (κ1) is 14.5. The summed E-state index contributed by atoms with van der Waals surface area (Å²) in [5.74, 6) is -0.534. The summed E-state index contributed by atoms with van der Waals surface area (Å²) in [6.07, 6.45) is 3.05. The van der Waals surface area contributed by atoms with Crippen molar-refractivity contribution in [3.8, 4) is 0 Å². The second kappa shape index (κ2) is 7.03. The standard InChI is InChI=1S/C12H14N2O2S2/c1-3-6-14(17)10(12(15)16-2)8-9(13)11-5-4-7-18-11/h3-5,7-8,13,17H,1,6H2,2H3/b10-8-,13-9?. The smallest absolute Gasteiger partial charge is 0.355 e. The number of rotatable bonds is 6. The van der Waals surface area contributed by atoms with Crippen molar-refractivity contribution in [1.29, 1.82) is 5.41 Å². The van der Waals surface area contributed by atoms with Crippen LogP contribution in [0.2, 0.25) is 0 Å². The fourth-order valence-corrected chi connectivity index (χ4v) is 2.11. The number of thiophene rings is 1. The monoisotopic (exact) mass is 282 g/mol. The summed E-state index contributed by atoms with van der Waals surface area (Å²) in [5.41, 5.74) is 0.452. The lowest BCUT2D eigenvalue weighted by molar-refractivity contribution is -0.137. The van der Waals surface area contributed by atoms with Crippen LogP contribution in [-0.4, -0.2) is 29.6 Å². The van der Waals surface area contributed by atoms with Crippen molar-refractivity contribution in [2.75, 3.05) is 13.7 Å². The first-order valence-corrected chi connectivity index (χ1v) is 6.37. The van der Waals surface area contributed by atoms with E-state index in [9.17, 15) is 4.79 Å². The van der Waals surface area contributed by atoms with Gasteiger partial charge in [-0.2, -0.15) is 0 Å². The molecule has 0 aromatic carbocycles. The number of thiol groups is 1. The quantitative estimate of drug-likeness (QED) is 0.277. The van der Waals surface area contributed by atoms with Crippen LogP contribution in [-0.2, 0) is 9.53 Å². The number of esters is 1. The SMILES string of the molecule is C=CCN(S)/C(=C\C(=N)c1cccs1)C(=O)OC. The third-order valence-corrected chi connectivity index (χ3v) is 3.32. The number of ether oxygens (including phenoxy) is 1. The number of nitrogens with zero attached hydrogens (tertiary/aromatic N) is 1. The van der Waals surface area contributed by atoms with Gasteiger partial charge >= 0.3 is 5.97 Å². The number of methoxy groups -OCH3 is 1. The molecule has 0 amide bonds. The molecule has 0 unspecified atom stereocenters. The van der Waals surface area contributed by atoms with E-state index >= 15 is 0 Å². The number of hydrogen-bond donors (Lipinski definition) is 2. The molecule has 0 aliphatic heterocycles. The Hall–Kier alpha value is -1.53. The maximum absolute atomic E-state index is 11.6. The van der Waals surface area contributed by atoms with Gasteiger partial charge in [-0.3, -0.25) is 5.41 Å². The van der Waals surface area contributed by atoms with Gasteiger partial charge in [0, 0.05) is 6.54 Å². The molecule has 1 rings (SSSR count). The molecule has 0 aliphatic carbocycles. The Bertz CT molecular complexity index is 466. The molecule has 96 valence electrons. The van der Waals surface area contributed by atoms with Gasteiger partial charge in [0.2, 0.25) is 0 Å². The van der Waals surface area contributed by atoms with Crippen LogP contribution in [0.15, 0.2) is 41.9 Å². The van der Waals surface area contributed by atoms with E-state index in [-0.39, 0.29) is 11.4 Å². The average Bonchev–Trinajstić information content (AvgIpc) is 2.88. The Morgan fingerprint density at radius 3 is 2.94 bits per heavy atom. The van der Waals surface area contributed by atoms with Crippen LogP contribution >= 0.6 is 24.2 Å². The molecule has 0 atom stereocenters. The van der Waals surface area contributed by atoms with E-state index in [1.165, 1.54) is 28.8 Å². The molecule has 1 N–H and O–H groups in total. The van der Waals surface area contributed by atoms with Gasteiger partial charge in [-0.15, -0.1) is 17.9 Å². The molecule has 18 heavy (non-hydrogen) atoms. The summed E-state index contributed by atoms with van der Waals surface area (Å²) < 4.78 is 6.06. The normalized spacial score (nSPS) is 10.9. The molecular formula is C12H14N2O2S2. The van der Waals surface area contributed by atoms with Crippen LogP contribution in [0.3, 0.4) is 0 Å². The van der Waals surface area contributed by atoms with Crippen LogP contribution < -0.4 is 0 Å². The Morgan fingerprint density at radius 2 is 2.44 bits per heavy atom. The number of carbonyl (C=O) groups is 1. The first-order valence-electron chi connectivity index (χ1n) is 5.10. The molecule has 4 nitrogen and oxygen atoms in total. The minimum absolute atomic E-state index is 0.208. The fourth-order valence-electron chi connectivity index (χ4n) is 1.20. The molecule has 1 aromatic heterocycles. The van der Waals surface area contributed by atoms with Crippen LogP contribution in [0.4, 0.5) is 0 Å². The highest BCUT2D eigenvalue weighted by Gasteiger charge is 2.16. The van der Waals surface area contributed by atoms with Crippen molar-refractivity contribution in [2.45, 2.75) is 0 Å². The minimum atomic E-state index is -0.534. The van der Waals surface area contributed by atoms with E-state index in [1.807, 2.05) is 17.5 Å². The second-order valence-corrected chi connectivity index (χ2v) is 4.71. The predicted octanol–water partition coefficient (Wildman–Crippen LogP) is 2.51. The van der Waals surface area contributed by atoms with Gasteiger partial charge in [-0.25, -0.2) is 4.79 Å². The lowest BCUT2D eigenvalue weighted by atomic mass is 10.2. The Balaban J connectivity index is 2.98. The van der Waals surface area contributed by atoms with Crippen molar-refractivity contribution >= 4 is 35.8 Å². The summed E-state index contributed by atoms with van der Waals surface area (Å²) in [5, 5.41) is 9.78. The van der Waals surface area contributed by atoms with Crippen molar-refractivity contribution < 1.29 is 9.53 Å². The highest BCUT2D eigenvalue weighted by atomic mass is 32.1. The topological polar surface area (TPSA) is 53.4 Å². The summed E-state index contributed by atoms with van der Waals surface area (Å²) in [6, 6.07) is 3.66. The highest BCUT2D eigenvalue weighted by Crippen LogP contribution is 2.15. The van der Waals surface area contributed by atoms with Gasteiger partial charge in [0.1, 0.15) is 5.70 Å². The average molecular weight is 282 g/mol. The molecule has 0 fully saturated rings. The van der Waals surface area contributed by atoms with Crippen LogP contribution in [0.25, 0.3) is 0 Å². The lowest BCUT2D eigenvalue weighted by Crippen LogP contribution is -2.21. The van der Waals surface area contributed by atoms with E-state index in [0.717, 1.165) is 4.88 Å². The molecule has 1 heterocycles. The van der Waals surface area contributed by atoms with Crippen molar-refractivity contribution in [2.24, 2.45) is 0 Å². The van der Waals surface area contributed by atoms with Gasteiger partial charge < -0.3 is 9.04 Å². The molecular weight excluding hydrogens is 268 g/mol. The molecule has 0 saturated carbocycles. The zero-order valence-electron chi connectivity index (χ0n) is 9.92. The van der Waals surface area contributed by atoms with Crippen LogP contribution in [0.1, 0.15) is 4.88 Å². The van der Waals surface area contributed by atoms with Crippen LogP contribution in [0.5, 0.6) is 0 Å². The minimum Gasteiger partial charge on any atom is -0.464 e. The van der Waals surface area contributed by atoms with E-state index in [1.54, 1.807) is 6.08 Å². The van der Waals surface area contributed by atoms with Gasteiger partial charge in [0.05, 0.1) is 17.7 Å².